The van der Waals surface area contributed by atoms with Gasteiger partial charge in [0.2, 0.25) is 0 Å². The van der Waals surface area contributed by atoms with E-state index in [0.717, 1.165) is 16.1 Å². The van der Waals surface area contributed by atoms with E-state index in [4.69, 9.17) is 0 Å². The van der Waals surface area contributed by atoms with Gasteiger partial charge in [-0.1, -0.05) is 29.5 Å². The maximum Gasteiger partial charge on any atom is 0.276 e. The molecule has 1 aliphatic rings. The van der Waals surface area contributed by atoms with Crippen molar-refractivity contribution in [1.82, 2.24) is 24.8 Å². The van der Waals surface area contributed by atoms with Crippen LogP contribution in [0.25, 0.3) is 11.0 Å². The third-order valence-corrected chi connectivity index (χ3v) is 5.80. The van der Waals surface area contributed by atoms with Crippen LogP contribution >= 0.6 is 11.3 Å². The average molecular weight is 416 g/mol. The molecule has 148 valence electrons. The lowest BCUT2D eigenvalue weighted by atomic mass is 10.1. The molecule has 2 amide bonds. The molecule has 0 atom stereocenters. The average Bonchev–Trinajstić information content (AvgIpc) is 3.20. The Hall–Kier alpha value is -3.72. The van der Waals surface area contributed by atoms with Crippen LogP contribution in [0.3, 0.4) is 0 Å². The van der Waals surface area contributed by atoms with Gasteiger partial charge in [-0.15, -0.1) is 0 Å². The first-order valence-corrected chi connectivity index (χ1v) is 10.2. The second-order valence-electron chi connectivity index (χ2n) is 6.78. The van der Waals surface area contributed by atoms with E-state index >= 15 is 0 Å². The van der Waals surface area contributed by atoms with Crippen molar-refractivity contribution in [3.8, 4) is 0 Å². The van der Waals surface area contributed by atoms with Gasteiger partial charge in [0.25, 0.3) is 11.8 Å². The largest absolute Gasteiger partial charge is 0.332 e. The Bertz CT molecular complexity index is 1260. The molecule has 0 spiro atoms. The number of thiazole rings is 1. The highest BCUT2D eigenvalue weighted by molar-refractivity contribution is 7.15. The third-order valence-electron chi connectivity index (χ3n) is 4.80. The van der Waals surface area contributed by atoms with E-state index in [1.54, 1.807) is 29.3 Å². The Kier molecular flexibility index (Phi) is 4.64. The summed E-state index contributed by atoms with van der Waals surface area (Å²) < 4.78 is 0. The Morgan fingerprint density at radius 3 is 2.63 bits per heavy atom. The minimum absolute atomic E-state index is 0.161. The standard InChI is InChI=1S/C21H16N6O2S/c28-19(16-7-3-4-9-22-16)26-21-25-15-8-10-27(12-18(15)30-21)20(29)17-11-23-13-5-1-2-6-14(13)24-17/h1-7,9,11H,8,10,12H2,(H,25,26,28). The van der Waals surface area contributed by atoms with Crippen LogP contribution in [0.4, 0.5) is 5.13 Å². The molecule has 0 fully saturated rings. The van der Waals surface area contributed by atoms with Crippen LogP contribution in [0.1, 0.15) is 31.5 Å². The molecular weight excluding hydrogens is 400 g/mol. The molecule has 0 unspecified atom stereocenters. The van der Waals surface area contributed by atoms with E-state index in [9.17, 15) is 9.59 Å². The van der Waals surface area contributed by atoms with E-state index in [1.165, 1.54) is 17.5 Å². The topological polar surface area (TPSA) is 101 Å². The minimum atomic E-state index is -0.305. The number of para-hydroxylation sites is 2. The number of nitrogens with one attached hydrogen (secondary N) is 1. The SMILES string of the molecule is O=C(Nc1nc2c(s1)CN(C(=O)c1cnc3ccccc3n1)CC2)c1ccccn1. The van der Waals surface area contributed by atoms with Gasteiger partial charge >= 0.3 is 0 Å². The van der Waals surface area contributed by atoms with Crippen LogP contribution in [-0.2, 0) is 13.0 Å². The number of pyridine rings is 1. The van der Waals surface area contributed by atoms with Gasteiger partial charge in [-0.05, 0) is 24.3 Å². The highest BCUT2D eigenvalue weighted by Crippen LogP contribution is 2.29. The third kappa shape index (κ3) is 3.50. The van der Waals surface area contributed by atoms with Gasteiger partial charge in [0, 0.05) is 24.0 Å². The lowest BCUT2D eigenvalue weighted by Crippen LogP contribution is -2.36. The van der Waals surface area contributed by atoms with Crippen LogP contribution in [0, 0.1) is 0 Å². The first-order chi connectivity index (χ1) is 14.7. The zero-order valence-corrected chi connectivity index (χ0v) is 16.6. The smallest absolute Gasteiger partial charge is 0.276 e. The normalized spacial score (nSPS) is 13.1. The maximum absolute atomic E-state index is 13.0. The quantitative estimate of drug-likeness (QED) is 0.551. The summed E-state index contributed by atoms with van der Waals surface area (Å²) in [6.07, 6.45) is 3.71. The molecule has 0 bridgehead atoms. The van der Waals surface area contributed by atoms with Crippen molar-refractivity contribution < 1.29 is 9.59 Å². The molecule has 0 saturated heterocycles. The number of rotatable bonds is 3. The molecule has 4 heterocycles. The Morgan fingerprint density at radius 1 is 0.967 bits per heavy atom. The molecular formula is C21H16N6O2S. The molecule has 0 aliphatic carbocycles. The van der Waals surface area contributed by atoms with E-state index in [1.807, 2.05) is 24.3 Å². The van der Waals surface area contributed by atoms with Crippen LogP contribution < -0.4 is 5.32 Å². The maximum atomic E-state index is 13.0. The van der Waals surface area contributed by atoms with Crippen molar-refractivity contribution in [1.29, 1.82) is 0 Å². The molecule has 8 nitrogen and oxygen atoms in total. The number of hydrogen-bond acceptors (Lipinski definition) is 7. The molecule has 3 aromatic heterocycles. The second kappa shape index (κ2) is 7.60. The summed E-state index contributed by atoms with van der Waals surface area (Å²) in [6, 6.07) is 12.6. The van der Waals surface area contributed by atoms with E-state index in [-0.39, 0.29) is 11.8 Å². The number of hydrogen-bond donors (Lipinski definition) is 1. The molecule has 1 aliphatic heterocycles. The van der Waals surface area contributed by atoms with Gasteiger partial charge in [-0.2, -0.15) is 0 Å². The number of aromatic nitrogens is 4. The fourth-order valence-electron chi connectivity index (χ4n) is 3.30. The monoisotopic (exact) mass is 416 g/mol. The molecule has 30 heavy (non-hydrogen) atoms. The van der Waals surface area contributed by atoms with Gasteiger partial charge < -0.3 is 4.90 Å². The van der Waals surface area contributed by atoms with Gasteiger partial charge in [-0.25, -0.2) is 9.97 Å². The molecule has 9 heteroatoms. The van der Waals surface area contributed by atoms with Crippen LogP contribution in [0.15, 0.2) is 54.9 Å². The lowest BCUT2D eigenvalue weighted by Gasteiger charge is -2.25. The Morgan fingerprint density at radius 2 is 1.80 bits per heavy atom. The van der Waals surface area contributed by atoms with E-state index in [0.29, 0.717) is 41.5 Å². The first kappa shape index (κ1) is 18.3. The number of benzene rings is 1. The Balaban J connectivity index is 1.32. The predicted molar refractivity (Wildman–Crippen MR) is 112 cm³/mol. The highest BCUT2D eigenvalue weighted by atomic mass is 32.1. The summed E-state index contributed by atoms with van der Waals surface area (Å²) in [5.41, 5.74) is 3.01. The van der Waals surface area contributed by atoms with Crippen LogP contribution in [0.2, 0.25) is 0 Å². The fourth-order valence-corrected chi connectivity index (χ4v) is 4.32. The number of carbonyl (C=O) groups is 2. The predicted octanol–water partition coefficient (Wildman–Crippen LogP) is 2.93. The van der Waals surface area contributed by atoms with Gasteiger partial charge in [-0.3, -0.25) is 24.9 Å². The number of amides is 2. The molecule has 0 radical (unpaired) electrons. The zero-order chi connectivity index (χ0) is 20.5. The minimum Gasteiger partial charge on any atom is -0.332 e. The summed E-state index contributed by atoms with van der Waals surface area (Å²) in [7, 11) is 0. The van der Waals surface area contributed by atoms with Crippen molar-refractivity contribution >= 4 is 39.3 Å². The summed E-state index contributed by atoms with van der Waals surface area (Å²) >= 11 is 1.38. The van der Waals surface area contributed by atoms with E-state index in [2.05, 4.69) is 25.3 Å². The fraction of sp³-hybridized carbons (Fsp3) is 0.143. The van der Waals surface area contributed by atoms with Crippen molar-refractivity contribution in [3.05, 3.63) is 76.8 Å². The molecule has 1 aromatic carbocycles. The summed E-state index contributed by atoms with van der Waals surface area (Å²) in [5, 5.41) is 3.30. The summed E-state index contributed by atoms with van der Waals surface area (Å²) in [5.74, 6) is -0.465. The van der Waals surface area contributed by atoms with Gasteiger partial charge in [0.05, 0.1) is 29.5 Å². The van der Waals surface area contributed by atoms with Crippen molar-refractivity contribution in [3.63, 3.8) is 0 Å². The molecule has 4 aromatic rings. The number of fused-ring (bicyclic) bond motifs is 2. The molecule has 1 N–H and O–H groups in total. The number of carbonyl (C=O) groups excluding carboxylic acids is 2. The molecule has 5 rings (SSSR count). The lowest BCUT2D eigenvalue weighted by molar-refractivity contribution is 0.0730. The van der Waals surface area contributed by atoms with Crippen molar-refractivity contribution in [2.75, 3.05) is 11.9 Å². The van der Waals surface area contributed by atoms with Gasteiger partial charge in [0.1, 0.15) is 11.4 Å². The molecule has 0 saturated carbocycles. The van der Waals surface area contributed by atoms with Crippen molar-refractivity contribution in [2.24, 2.45) is 0 Å². The van der Waals surface area contributed by atoms with Crippen LogP contribution in [-0.4, -0.2) is 43.2 Å². The number of anilines is 1. The summed E-state index contributed by atoms with van der Waals surface area (Å²) in [4.78, 5) is 45.3. The number of nitrogens with zero attached hydrogens (tertiary/aromatic N) is 5. The second-order valence-corrected chi connectivity index (χ2v) is 7.86. The highest BCUT2D eigenvalue weighted by Gasteiger charge is 2.26. The van der Waals surface area contributed by atoms with E-state index < -0.39 is 0 Å². The Labute approximate surface area is 175 Å². The summed E-state index contributed by atoms with van der Waals surface area (Å²) in [6.45, 7) is 0.970. The zero-order valence-electron chi connectivity index (χ0n) is 15.8. The van der Waals surface area contributed by atoms with Crippen molar-refractivity contribution in [2.45, 2.75) is 13.0 Å². The van der Waals surface area contributed by atoms with Crippen LogP contribution in [0.5, 0.6) is 0 Å². The first-order valence-electron chi connectivity index (χ1n) is 9.39. The van der Waals surface area contributed by atoms with Gasteiger partial charge in [0.15, 0.2) is 5.13 Å².